The molecule has 53 heavy (non-hydrogen) atoms. The second kappa shape index (κ2) is 18.6. The van der Waals surface area contributed by atoms with E-state index >= 15 is 0 Å². The van der Waals surface area contributed by atoms with Gasteiger partial charge in [-0.15, -0.1) is 6.42 Å². The number of ether oxygens (including phenoxy) is 4. The van der Waals surface area contributed by atoms with Crippen LogP contribution in [0.1, 0.15) is 77.2 Å². The lowest BCUT2D eigenvalue weighted by Gasteiger charge is -2.29. The first-order chi connectivity index (χ1) is 25.1. The lowest BCUT2D eigenvalue weighted by atomic mass is 9.92. The van der Waals surface area contributed by atoms with E-state index in [4.69, 9.17) is 37.0 Å². The van der Waals surface area contributed by atoms with Gasteiger partial charge >= 0.3 is 11.9 Å². The highest BCUT2D eigenvalue weighted by molar-refractivity contribution is 6.32. The third-order valence-electron chi connectivity index (χ3n) is 9.45. The molecular formula is C41H52ClN3O8. The molecule has 12 heteroatoms. The number of esters is 2. The van der Waals surface area contributed by atoms with Crippen molar-refractivity contribution < 1.29 is 38.1 Å². The zero-order chi connectivity index (χ0) is 38.9. The van der Waals surface area contributed by atoms with Crippen LogP contribution in [-0.4, -0.2) is 67.8 Å². The number of methoxy groups -OCH3 is 1. The Morgan fingerprint density at radius 1 is 1.04 bits per heavy atom. The molecule has 0 saturated carbocycles. The lowest BCUT2D eigenvalue weighted by Crippen LogP contribution is -2.51. The summed E-state index contributed by atoms with van der Waals surface area (Å²) in [5, 5.41) is 9.18. The van der Waals surface area contributed by atoms with Crippen LogP contribution in [0, 0.1) is 29.6 Å². The van der Waals surface area contributed by atoms with Crippen molar-refractivity contribution in [1.82, 2.24) is 16.0 Å². The number of hydrogen-bond acceptors (Lipinski definition) is 9. The predicted octanol–water partition coefficient (Wildman–Crippen LogP) is 5.24. The number of halogens is 1. The van der Waals surface area contributed by atoms with Crippen molar-refractivity contribution in [3.63, 3.8) is 0 Å². The zero-order valence-corrected chi connectivity index (χ0v) is 32.3. The van der Waals surface area contributed by atoms with E-state index in [9.17, 15) is 19.2 Å². The van der Waals surface area contributed by atoms with E-state index in [1.54, 1.807) is 38.1 Å². The first-order valence-electron chi connectivity index (χ1n) is 18.0. The molecule has 1 unspecified atom stereocenters. The zero-order valence-electron chi connectivity index (χ0n) is 31.6. The SMILES string of the molecule is C#CC(C)NCc1ccc([C@H]2O[C@@H]2[C@@H](C)[C@@H]2CC=CC(=O)N[C@H](Cc3ccc(OC)c(Cl)c3)C(=O)NCC(C)(C)C(=O)O[C@@H](CC(C)C)C(=O)O2)cc1. The standard InChI is InChI=1S/C41H52ClN3O8/c1-9-25(4)43-22-27-13-16-29(17-14-27)37-36(53-37)26(5)32-11-10-12-35(46)45-31(21-28-15-18-33(50-8)30(42)20-28)38(47)44-23-41(6,7)40(49)52-34(19-24(2)3)39(48)51-32/h1,10,12-18,20,24-26,31-32,34,36-37,43H,11,19,21-23H2,2-8H3,(H,44,47)(H,45,46)/t25?,26-,31+,32-,34-,36+,37+/m0/s1. The van der Waals surface area contributed by atoms with Crippen molar-refractivity contribution in [1.29, 1.82) is 0 Å². The van der Waals surface area contributed by atoms with Gasteiger partial charge in [-0.25, -0.2) is 4.79 Å². The number of terminal acetylenes is 1. The predicted molar refractivity (Wildman–Crippen MR) is 202 cm³/mol. The average molecular weight is 750 g/mol. The Morgan fingerprint density at radius 2 is 1.74 bits per heavy atom. The number of hydrogen-bond donors (Lipinski definition) is 3. The normalized spacial score (nSPS) is 24.9. The number of amides is 2. The van der Waals surface area contributed by atoms with Gasteiger partial charge in [0.1, 0.15) is 24.0 Å². The minimum atomic E-state index is -1.22. The number of epoxide rings is 1. The molecule has 0 aliphatic carbocycles. The van der Waals surface area contributed by atoms with Gasteiger partial charge in [-0.2, -0.15) is 0 Å². The third-order valence-corrected chi connectivity index (χ3v) is 9.75. The van der Waals surface area contributed by atoms with Crippen LogP contribution in [0.5, 0.6) is 5.75 Å². The van der Waals surface area contributed by atoms with Crippen molar-refractivity contribution >= 4 is 35.4 Å². The van der Waals surface area contributed by atoms with Crippen molar-refractivity contribution in [2.24, 2.45) is 17.3 Å². The van der Waals surface area contributed by atoms with Crippen LogP contribution in [0.2, 0.25) is 5.02 Å². The fourth-order valence-corrected chi connectivity index (χ4v) is 6.26. The van der Waals surface area contributed by atoms with Gasteiger partial charge in [0.2, 0.25) is 11.8 Å². The number of carbonyl (C=O) groups is 4. The molecule has 11 nitrogen and oxygen atoms in total. The minimum Gasteiger partial charge on any atom is -0.495 e. The summed E-state index contributed by atoms with van der Waals surface area (Å²) in [6.45, 7) is 11.5. The molecule has 3 N–H and O–H groups in total. The number of rotatable bonds is 11. The van der Waals surface area contributed by atoms with E-state index in [1.807, 2.05) is 52.0 Å². The number of carbonyl (C=O) groups excluding carboxylic acids is 4. The van der Waals surface area contributed by atoms with Crippen LogP contribution < -0.4 is 20.7 Å². The Morgan fingerprint density at radius 3 is 2.38 bits per heavy atom. The van der Waals surface area contributed by atoms with Gasteiger partial charge in [-0.3, -0.25) is 19.7 Å². The smallest absolute Gasteiger partial charge is 0.347 e. The molecule has 2 aromatic rings. The maximum Gasteiger partial charge on any atom is 0.347 e. The first kappa shape index (κ1) is 41.4. The maximum absolute atomic E-state index is 13.7. The second-order valence-corrected chi connectivity index (χ2v) is 15.3. The summed E-state index contributed by atoms with van der Waals surface area (Å²) in [7, 11) is 1.50. The maximum atomic E-state index is 13.7. The van der Waals surface area contributed by atoms with Gasteiger partial charge in [-0.1, -0.05) is 74.7 Å². The van der Waals surface area contributed by atoms with Gasteiger partial charge < -0.3 is 29.6 Å². The molecule has 2 aliphatic rings. The fraction of sp³-hybridized carbons (Fsp3) is 0.512. The Balaban J connectivity index is 1.57. The fourth-order valence-electron chi connectivity index (χ4n) is 5.98. The van der Waals surface area contributed by atoms with E-state index in [1.165, 1.54) is 13.2 Å². The molecule has 2 aromatic carbocycles. The molecule has 2 amide bonds. The van der Waals surface area contributed by atoms with E-state index in [2.05, 4.69) is 21.9 Å². The van der Waals surface area contributed by atoms with Crippen LogP contribution >= 0.6 is 11.6 Å². The number of cyclic esters (lactones) is 2. The summed E-state index contributed by atoms with van der Waals surface area (Å²) in [6.07, 6.45) is 6.57. The number of nitrogens with one attached hydrogen (secondary N) is 3. The highest BCUT2D eigenvalue weighted by atomic mass is 35.5. The summed E-state index contributed by atoms with van der Waals surface area (Å²) >= 11 is 6.34. The topological polar surface area (TPSA) is 145 Å². The molecule has 1 fully saturated rings. The molecule has 286 valence electrons. The summed E-state index contributed by atoms with van der Waals surface area (Å²) in [5.41, 5.74) is 1.54. The molecule has 1 saturated heterocycles. The quantitative estimate of drug-likeness (QED) is 0.160. The highest BCUT2D eigenvalue weighted by Crippen LogP contribution is 2.45. The molecular weight excluding hydrogens is 698 g/mol. The van der Waals surface area contributed by atoms with Crippen molar-refractivity contribution in [2.45, 2.75) is 104 Å². The summed E-state index contributed by atoms with van der Waals surface area (Å²) < 4.78 is 23.3. The Hall–Kier alpha value is -4.37. The monoisotopic (exact) mass is 749 g/mol. The van der Waals surface area contributed by atoms with Crippen LogP contribution in [0.25, 0.3) is 0 Å². The molecule has 0 bridgehead atoms. The number of benzene rings is 2. The van der Waals surface area contributed by atoms with Crippen LogP contribution in [0.3, 0.4) is 0 Å². The molecule has 2 heterocycles. The Bertz CT molecular complexity index is 1680. The molecule has 0 aromatic heterocycles. The Labute approximate surface area is 317 Å². The summed E-state index contributed by atoms with van der Waals surface area (Å²) in [6, 6.07) is 12.1. The molecule has 2 aliphatic heterocycles. The van der Waals surface area contributed by atoms with Gasteiger partial charge in [0.05, 0.1) is 29.7 Å². The second-order valence-electron chi connectivity index (χ2n) is 14.9. The van der Waals surface area contributed by atoms with Crippen molar-refractivity contribution in [2.75, 3.05) is 13.7 Å². The highest BCUT2D eigenvalue weighted by Gasteiger charge is 2.48. The van der Waals surface area contributed by atoms with Gasteiger partial charge in [0.15, 0.2) is 6.10 Å². The van der Waals surface area contributed by atoms with E-state index < -0.39 is 47.4 Å². The molecule has 0 radical (unpaired) electrons. The van der Waals surface area contributed by atoms with Gasteiger partial charge in [0.25, 0.3) is 0 Å². The van der Waals surface area contributed by atoms with Crippen LogP contribution in [0.15, 0.2) is 54.6 Å². The van der Waals surface area contributed by atoms with Gasteiger partial charge in [0, 0.05) is 31.8 Å². The summed E-state index contributed by atoms with van der Waals surface area (Å²) in [4.78, 5) is 54.0. The van der Waals surface area contributed by atoms with E-state index in [0.29, 0.717) is 22.9 Å². The van der Waals surface area contributed by atoms with Crippen LogP contribution in [-0.2, 0) is 46.4 Å². The largest absolute Gasteiger partial charge is 0.495 e. The Kier molecular flexibility index (Phi) is 14.5. The molecule has 0 spiro atoms. The molecule has 4 rings (SSSR count). The van der Waals surface area contributed by atoms with Crippen molar-refractivity contribution in [3.05, 3.63) is 76.3 Å². The molecule has 7 atom stereocenters. The first-order valence-corrected chi connectivity index (χ1v) is 18.4. The lowest BCUT2D eigenvalue weighted by molar-refractivity contribution is -0.179. The van der Waals surface area contributed by atoms with E-state index in [0.717, 1.165) is 11.1 Å². The van der Waals surface area contributed by atoms with Crippen LogP contribution in [0.4, 0.5) is 0 Å². The van der Waals surface area contributed by atoms with Crippen molar-refractivity contribution in [3.8, 4) is 18.1 Å². The summed E-state index contributed by atoms with van der Waals surface area (Å²) in [5.74, 6) is 0.481. The minimum absolute atomic E-state index is 0.00420. The average Bonchev–Trinajstić information content (AvgIpc) is 3.92. The van der Waals surface area contributed by atoms with Gasteiger partial charge in [-0.05, 0) is 68.0 Å². The third kappa shape index (κ3) is 11.8. The van der Waals surface area contributed by atoms with E-state index in [-0.39, 0.29) is 55.9 Å².